The summed E-state index contributed by atoms with van der Waals surface area (Å²) in [6.07, 6.45) is -1.15. The third kappa shape index (κ3) is 3.94. The van der Waals surface area contributed by atoms with E-state index in [1.165, 1.54) is 33.3 Å². The standard InChI is InChI=1S/C16H15NO8/c1-9(24-16(19)12-6-7-14(25-12)17(20)21)15(18)11-5-4-10(22-2)8-13(11)23-3/h4-9H,1-3H3/t9-/m0/s1. The minimum Gasteiger partial charge on any atom is -0.497 e. The van der Waals surface area contributed by atoms with E-state index in [0.717, 1.165) is 12.1 Å². The number of benzene rings is 1. The molecule has 25 heavy (non-hydrogen) atoms. The van der Waals surface area contributed by atoms with Crippen molar-refractivity contribution in [2.24, 2.45) is 0 Å². The molecule has 0 fully saturated rings. The molecule has 0 aliphatic rings. The number of ketones is 1. The molecule has 0 aliphatic carbocycles. The van der Waals surface area contributed by atoms with E-state index < -0.39 is 28.7 Å². The predicted octanol–water partition coefficient (Wildman–Crippen LogP) is 2.63. The number of nitro groups is 1. The van der Waals surface area contributed by atoms with Gasteiger partial charge in [0.2, 0.25) is 11.5 Å². The van der Waals surface area contributed by atoms with E-state index in [2.05, 4.69) is 0 Å². The fraction of sp³-hybridized carbons (Fsp3) is 0.250. The van der Waals surface area contributed by atoms with Gasteiger partial charge in [-0.25, -0.2) is 4.79 Å². The van der Waals surface area contributed by atoms with E-state index >= 15 is 0 Å². The smallest absolute Gasteiger partial charge is 0.433 e. The second-order valence-electron chi connectivity index (χ2n) is 4.87. The quantitative estimate of drug-likeness (QED) is 0.324. The number of methoxy groups -OCH3 is 2. The Labute approximate surface area is 142 Å². The molecule has 1 aromatic carbocycles. The molecule has 2 rings (SSSR count). The Bertz CT molecular complexity index is 810. The lowest BCUT2D eigenvalue weighted by atomic mass is 10.1. The van der Waals surface area contributed by atoms with Crippen molar-refractivity contribution >= 4 is 17.6 Å². The van der Waals surface area contributed by atoms with Gasteiger partial charge in [0, 0.05) is 6.07 Å². The third-order valence-corrected chi connectivity index (χ3v) is 3.30. The highest BCUT2D eigenvalue weighted by Crippen LogP contribution is 2.26. The molecular weight excluding hydrogens is 334 g/mol. The summed E-state index contributed by atoms with van der Waals surface area (Å²) in [6.45, 7) is 1.38. The molecule has 0 unspecified atom stereocenters. The van der Waals surface area contributed by atoms with Crippen molar-refractivity contribution in [1.29, 1.82) is 0 Å². The average molecular weight is 349 g/mol. The minimum absolute atomic E-state index is 0.203. The SMILES string of the molecule is COc1ccc(C(=O)[C@H](C)OC(=O)c2ccc([N+](=O)[O-])o2)c(OC)c1. The predicted molar refractivity (Wildman–Crippen MR) is 84.1 cm³/mol. The van der Waals surface area contributed by atoms with Gasteiger partial charge in [-0.05, 0) is 25.1 Å². The summed E-state index contributed by atoms with van der Waals surface area (Å²) in [4.78, 5) is 34.2. The zero-order valence-electron chi connectivity index (χ0n) is 13.7. The van der Waals surface area contributed by atoms with Gasteiger partial charge in [-0.2, -0.15) is 0 Å². The fourth-order valence-electron chi connectivity index (χ4n) is 2.03. The number of ether oxygens (including phenoxy) is 3. The second kappa shape index (κ2) is 7.47. The molecule has 0 spiro atoms. The Hall–Kier alpha value is -3.36. The van der Waals surface area contributed by atoms with Crippen LogP contribution in [0.1, 0.15) is 27.8 Å². The maximum absolute atomic E-state index is 12.5. The van der Waals surface area contributed by atoms with E-state index in [-0.39, 0.29) is 17.1 Å². The summed E-state index contributed by atoms with van der Waals surface area (Å²) in [7, 11) is 2.87. The van der Waals surface area contributed by atoms with E-state index in [1.54, 1.807) is 6.07 Å². The maximum atomic E-state index is 12.5. The summed E-state index contributed by atoms with van der Waals surface area (Å²) in [5, 5.41) is 10.6. The molecule has 1 aromatic heterocycles. The molecule has 0 aliphatic heterocycles. The monoisotopic (exact) mass is 349 g/mol. The van der Waals surface area contributed by atoms with Gasteiger partial charge in [0.1, 0.15) is 16.4 Å². The number of nitrogens with zero attached hydrogens (tertiary/aromatic N) is 1. The first-order valence-electron chi connectivity index (χ1n) is 7.08. The van der Waals surface area contributed by atoms with Crippen LogP contribution in [0.3, 0.4) is 0 Å². The van der Waals surface area contributed by atoms with Crippen LogP contribution < -0.4 is 9.47 Å². The molecule has 0 N–H and O–H groups in total. The first kappa shape index (κ1) is 18.0. The topological polar surface area (TPSA) is 118 Å². The number of hydrogen-bond acceptors (Lipinski definition) is 8. The molecule has 1 heterocycles. The van der Waals surface area contributed by atoms with Gasteiger partial charge >= 0.3 is 11.9 Å². The first-order chi connectivity index (χ1) is 11.9. The first-order valence-corrected chi connectivity index (χ1v) is 7.08. The van der Waals surface area contributed by atoms with Crippen LogP contribution >= 0.6 is 0 Å². The molecule has 1 atom stereocenters. The summed E-state index contributed by atoms with van der Waals surface area (Å²) in [5.74, 6) is -1.69. The molecule has 0 radical (unpaired) electrons. The van der Waals surface area contributed by atoms with Crippen LogP contribution in [0.5, 0.6) is 11.5 Å². The number of carbonyl (C=O) groups is 2. The van der Waals surface area contributed by atoms with Crippen molar-refractivity contribution in [2.75, 3.05) is 14.2 Å². The molecular formula is C16H15NO8. The Morgan fingerprint density at radius 2 is 1.88 bits per heavy atom. The van der Waals surface area contributed by atoms with Gasteiger partial charge in [-0.15, -0.1) is 0 Å². The average Bonchev–Trinajstić information content (AvgIpc) is 3.11. The molecule has 2 aromatic rings. The number of furan rings is 1. The van der Waals surface area contributed by atoms with Crippen LogP contribution in [0.2, 0.25) is 0 Å². The third-order valence-electron chi connectivity index (χ3n) is 3.30. The highest BCUT2D eigenvalue weighted by Gasteiger charge is 2.26. The van der Waals surface area contributed by atoms with Gasteiger partial charge < -0.3 is 18.6 Å². The van der Waals surface area contributed by atoms with E-state index in [0.29, 0.717) is 5.75 Å². The number of Topliss-reactive ketones (excluding diaryl/α,β-unsaturated/α-hetero) is 1. The van der Waals surface area contributed by atoms with Gasteiger partial charge in [0.25, 0.3) is 0 Å². The van der Waals surface area contributed by atoms with E-state index in [1.807, 2.05) is 0 Å². The molecule has 132 valence electrons. The molecule has 9 heteroatoms. The Morgan fingerprint density at radius 3 is 2.44 bits per heavy atom. The van der Waals surface area contributed by atoms with Crippen molar-refractivity contribution in [3.8, 4) is 11.5 Å². The Balaban J connectivity index is 2.14. The van der Waals surface area contributed by atoms with Crippen LogP contribution in [0.15, 0.2) is 34.7 Å². The van der Waals surface area contributed by atoms with Gasteiger partial charge in [0.15, 0.2) is 6.10 Å². The lowest BCUT2D eigenvalue weighted by Crippen LogP contribution is -2.24. The molecule has 9 nitrogen and oxygen atoms in total. The number of rotatable bonds is 7. The van der Waals surface area contributed by atoms with Crippen LogP contribution in [0.4, 0.5) is 5.88 Å². The molecule has 0 saturated heterocycles. The van der Waals surface area contributed by atoms with Crippen LogP contribution in [0, 0.1) is 10.1 Å². The zero-order valence-corrected chi connectivity index (χ0v) is 13.7. The highest BCUT2D eigenvalue weighted by atomic mass is 16.7. The van der Waals surface area contributed by atoms with Gasteiger partial charge in [-0.3, -0.25) is 14.9 Å². The van der Waals surface area contributed by atoms with Crippen molar-refractivity contribution in [1.82, 2.24) is 0 Å². The maximum Gasteiger partial charge on any atom is 0.433 e. The summed E-state index contributed by atoms with van der Waals surface area (Å²) < 4.78 is 19.9. The zero-order chi connectivity index (χ0) is 18.6. The van der Waals surface area contributed by atoms with Gasteiger partial charge in [-0.1, -0.05) is 0 Å². The van der Waals surface area contributed by atoms with Crippen molar-refractivity contribution in [3.63, 3.8) is 0 Å². The van der Waals surface area contributed by atoms with Gasteiger partial charge in [0.05, 0.1) is 25.8 Å². The number of carbonyl (C=O) groups excluding carboxylic acids is 2. The normalized spacial score (nSPS) is 11.5. The number of hydrogen-bond donors (Lipinski definition) is 0. The summed E-state index contributed by atoms with van der Waals surface area (Å²) in [6, 6.07) is 6.71. The van der Waals surface area contributed by atoms with E-state index in [4.69, 9.17) is 18.6 Å². The van der Waals surface area contributed by atoms with Crippen LogP contribution in [-0.2, 0) is 4.74 Å². The Kier molecular flexibility index (Phi) is 5.38. The lowest BCUT2D eigenvalue weighted by molar-refractivity contribution is -0.402. The summed E-state index contributed by atoms with van der Waals surface area (Å²) >= 11 is 0. The molecule has 0 amide bonds. The van der Waals surface area contributed by atoms with Crippen molar-refractivity contribution < 1.29 is 33.1 Å². The molecule has 0 saturated carbocycles. The lowest BCUT2D eigenvalue weighted by Gasteiger charge is -2.14. The number of esters is 1. The van der Waals surface area contributed by atoms with Crippen molar-refractivity contribution in [2.45, 2.75) is 13.0 Å². The van der Waals surface area contributed by atoms with Crippen LogP contribution in [-0.4, -0.2) is 37.0 Å². The highest BCUT2D eigenvalue weighted by molar-refractivity contribution is 6.03. The molecule has 0 bridgehead atoms. The Morgan fingerprint density at radius 1 is 1.16 bits per heavy atom. The second-order valence-corrected chi connectivity index (χ2v) is 4.87. The summed E-state index contributed by atoms with van der Waals surface area (Å²) in [5.41, 5.74) is 0.203. The van der Waals surface area contributed by atoms with Crippen LogP contribution in [0.25, 0.3) is 0 Å². The largest absolute Gasteiger partial charge is 0.497 e. The van der Waals surface area contributed by atoms with E-state index in [9.17, 15) is 19.7 Å². The minimum atomic E-state index is -1.15. The van der Waals surface area contributed by atoms with Crippen molar-refractivity contribution in [3.05, 3.63) is 51.8 Å². The fourth-order valence-corrected chi connectivity index (χ4v) is 2.03.